The van der Waals surface area contributed by atoms with Crippen LogP contribution in [0.5, 0.6) is 0 Å². The van der Waals surface area contributed by atoms with Crippen LogP contribution in [-0.2, 0) is 16.6 Å². The second kappa shape index (κ2) is 8.45. The lowest BCUT2D eigenvalue weighted by Crippen LogP contribution is -2.23. The first-order chi connectivity index (χ1) is 13.7. The molecule has 0 fully saturated rings. The molecule has 0 bridgehead atoms. The standard InChI is InChI=1S/C22H21FN2O3S/c1-15-3-10-20(13-16(15)2)25-29(27,28)21-11-6-18(7-12-21)22(26)24-14-17-4-8-19(23)9-5-17/h3-13,25H,14H2,1-2H3,(H,24,26). The van der Waals surface area contributed by atoms with Gasteiger partial charge in [-0.3, -0.25) is 9.52 Å². The van der Waals surface area contributed by atoms with Crippen molar-refractivity contribution in [3.05, 3.63) is 94.8 Å². The van der Waals surface area contributed by atoms with E-state index in [0.717, 1.165) is 16.7 Å². The van der Waals surface area contributed by atoms with Crippen LogP contribution in [-0.4, -0.2) is 14.3 Å². The Bertz CT molecular complexity index is 1130. The summed E-state index contributed by atoms with van der Waals surface area (Å²) in [4.78, 5) is 12.3. The third-order valence-electron chi connectivity index (χ3n) is 4.55. The summed E-state index contributed by atoms with van der Waals surface area (Å²) < 4.78 is 40.6. The molecular formula is C22H21FN2O3S. The van der Waals surface area contributed by atoms with Crippen molar-refractivity contribution in [2.75, 3.05) is 4.72 Å². The zero-order chi connectivity index (χ0) is 21.0. The predicted molar refractivity (Wildman–Crippen MR) is 111 cm³/mol. The second-order valence-electron chi connectivity index (χ2n) is 6.74. The van der Waals surface area contributed by atoms with Gasteiger partial charge in [0.05, 0.1) is 4.90 Å². The van der Waals surface area contributed by atoms with Crippen molar-refractivity contribution in [2.45, 2.75) is 25.3 Å². The van der Waals surface area contributed by atoms with Crippen molar-refractivity contribution in [1.82, 2.24) is 5.32 Å². The number of halogens is 1. The summed E-state index contributed by atoms with van der Waals surface area (Å²) in [5.74, 6) is -0.688. The first-order valence-corrected chi connectivity index (χ1v) is 10.5. The zero-order valence-corrected chi connectivity index (χ0v) is 16.9. The number of benzene rings is 3. The summed E-state index contributed by atoms with van der Waals surface area (Å²) >= 11 is 0. The quantitative estimate of drug-likeness (QED) is 0.638. The predicted octanol–water partition coefficient (Wildman–Crippen LogP) is 4.17. The van der Waals surface area contributed by atoms with E-state index >= 15 is 0 Å². The number of anilines is 1. The first-order valence-electron chi connectivity index (χ1n) is 8.97. The molecule has 0 aliphatic heterocycles. The fourth-order valence-corrected chi connectivity index (χ4v) is 3.74. The van der Waals surface area contributed by atoms with Gasteiger partial charge in [0.2, 0.25) is 0 Å². The molecule has 3 rings (SSSR count). The van der Waals surface area contributed by atoms with Gasteiger partial charge in [-0.15, -0.1) is 0 Å². The Labute approximate surface area is 169 Å². The van der Waals surface area contributed by atoms with E-state index in [1.165, 1.54) is 36.4 Å². The number of hydrogen-bond donors (Lipinski definition) is 2. The Kier molecular flexibility index (Phi) is 5.98. The zero-order valence-electron chi connectivity index (χ0n) is 16.1. The third kappa shape index (κ3) is 5.20. The number of rotatable bonds is 6. The number of nitrogens with one attached hydrogen (secondary N) is 2. The first kappa shape index (κ1) is 20.5. The highest BCUT2D eigenvalue weighted by atomic mass is 32.2. The number of sulfonamides is 1. The van der Waals surface area contributed by atoms with Crippen LogP contribution in [0, 0.1) is 19.7 Å². The molecule has 0 aliphatic carbocycles. The Balaban J connectivity index is 1.67. The van der Waals surface area contributed by atoms with Crippen molar-refractivity contribution in [2.24, 2.45) is 0 Å². The van der Waals surface area contributed by atoms with E-state index in [9.17, 15) is 17.6 Å². The molecule has 29 heavy (non-hydrogen) atoms. The van der Waals surface area contributed by atoms with Crippen LogP contribution in [0.4, 0.5) is 10.1 Å². The minimum atomic E-state index is -3.76. The number of amides is 1. The number of carbonyl (C=O) groups is 1. The monoisotopic (exact) mass is 412 g/mol. The fraction of sp³-hybridized carbons (Fsp3) is 0.136. The summed E-state index contributed by atoms with van der Waals surface area (Å²) in [6.07, 6.45) is 0. The molecule has 5 nitrogen and oxygen atoms in total. The summed E-state index contributed by atoms with van der Waals surface area (Å²) in [5.41, 5.74) is 3.63. The van der Waals surface area contributed by atoms with Gasteiger partial charge in [-0.1, -0.05) is 18.2 Å². The van der Waals surface area contributed by atoms with Gasteiger partial charge < -0.3 is 5.32 Å². The molecule has 0 spiro atoms. The minimum absolute atomic E-state index is 0.0609. The van der Waals surface area contributed by atoms with Crippen molar-refractivity contribution >= 4 is 21.6 Å². The van der Waals surface area contributed by atoms with Crippen molar-refractivity contribution in [3.8, 4) is 0 Å². The van der Waals surface area contributed by atoms with Gasteiger partial charge in [0.25, 0.3) is 15.9 Å². The number of aryl methyl sites for hydroxylation is 2. The average Bonchev–Trinajstić information content (AvgIpc) is 2.70. The van der Waals surface area contributed by atoms with Crippen molar-refractivity contribution in [1.29, 1.82) is 0 Å². The highest BCUT2D eigenvalue weighted by molar-refractivity contribution is 7.92. The smallest absolute Gasteiger partial charge is 0.261 e. The topological polar surface area (TPSA) is 75.3 Å². The molecule has 3 aromatic rings. The second-order valence-corrected chi connectivity index (χ2v) is 8.42. The van der Waals surface area contributed by atoms with E-state index < -0.39 is 10.0 Å². The lowest BCUT2D eigenvalue weighted by molar-refractivity contribution is 0.0951. The summed E-state index contributed by atoms with van der Waals surface area (Å²) in [6.45, 7) is 4.10. The van der Waals surface area contributed by atoms with Crippen LogP contribution in [0.1, 0.15) is 27.0 Å². The van der Waals surface area contributed by atoms with E-state index in [1.807, 2.05) is 19.9 Å². The molecule has 0 atom stereocenters. The SMILES string of the molecule is Cc1ccc(NS(=O)(=O)c2ccc(C(=O)NCc3ccc(F)cc3)cc2)cc1C. The fourth-order valence-electron chi connectivity index (χ4n) is 2.69. The van der Waals surface area contributed by atoms with Gasteiger partial charge in [-0.05, 0) is 79.1 Å². The Morgan fingerprint density at radius 2 is 1.55 bits per heavy atom. The average molecular weight is 412 g/mol. The Morgan fingerprint density at radius 3 is 2.17 bits per heavy atom. The molecule has 3 aromatic carbocycles. The molecule has 7 heteroatoms. The third-order valence-corrected chi connectivity index (χ3v) is 5.95. The van der Waals surface area contributed by atoms with E-state index in [0.29, 0.717) is 11.3 Å². The van der Waals surface area contributed by atoms with Gasteiger partial charge in [0, 0.05) is 17.8 Å². The van der Waals surface area contributed by atoms with Crippen LogP contribution >= 0.6 is 0 Å². The van der Waals surface area contributed by atoms with Gasteiger partial charge in [-0.2, -0.15) is 0 Å². The summed E-state index contributed by atoms with van der Waals surface area (Å²) in [6, 6.07) is 16.8. The van der Waals surface area contributed by atoms with E-state index in [4.69, 9.17) is 0 Å². The number of hydrogen-bond acceptors (Lipinski definition) is 3. The van der Waals surface area contributed by atoms with Crippen molar-refractivity contribution in [3.63, 3.8) is 0 Å². The molecule has 0 radical (unpaired) electrons. The molecule has 150 valence electrons. The van der Waals surface area contributed by atoms with Crippen LogP contribution < -0.4 is 10.0 Å². The van der Waals surface area contributed by atoms with Gasteiger partial charge in [-0.25, -0.2) is 12.8 Å². The molecule has 2 N–H and O–H groups in total. The Morgan fingerprint density at radius 1 is 0.897 bits per heavy atom. The van der Waals surface area contributed by atoms with Gasteiger partial charge in [0.1, 0.15) is 5.82 Å². The molecule has 0 heterocycles. The van der Waals surface area contributed by atoms with E-state index in [-0.39, 0.29) is 23.2 Å². The molecule has 0 aromatic heterocycles. The van der Waals surface area contributed by atoms with Crippen molar-refractivity contribution < 1.29 is 17.6 Å². The van der Waals surface area contributed by atoms with Crippen LogP contribution in [0.2, 0.25) is 0 Å². The highest BCUT2D eigenvalue weighted by Crippen LogP contribution is 2.19. The molecule has 0 saturated carbocycles. The molecule has 0 unspecified atom stereocenters. The maximum atomic E-state index is 12.9. The molecule has 1 amide bonds. The number of carbonyl (C=O) groups excluding carboxylic acids is 1. The van der Waals surface area contributed by atoms with Gasteiger partial charge in [0.15, 0.2) is 0 Å². The molecule has 0 saturated heterocycles. The Hall–Kier alpha value is -3.19. The van der Waals surface area contributed by atoms with Crippen LogP contribution in [0.3, 0.4) is 0 Å². The molecular weight excluding hydrogens is 391 g/mol. The lowest BCUT2D eigenvalue weighted by atomic mass is 10.1. The van der Waals surface area contributed by atoms with E-state index in [1.54, 1.807) is 24.3 Å². The van der Waals surface area contributed by atoms with E-state index in [2.05, 4.69) is 10.0 Å². The normalized spacial score (nSPS) is 11.1. The molecule has 0 aliphatic rings. The minimum Gasteiger partial charge on any atom is -0.348 e. The maximum Gasteiger partial charge on any atom is 0.261 e. The van der Waals surface area contributed by atoms with Gasteiger partial charge >= 0.3 is 0 Å². The lowest BCUT2D eigenvalue weighted by Gasteiger charge is -2.11. The highest BCUT2D eigenvalue weighted by Gasteiger charge is 2.15. The van der Waals surface area contributed by atoms with Crippen LogP contribution in [0.25, 0.3) is 0 Å². The summed E-state index contributed by atoms with van der Waals surface area (Å²) in [7, 11) is -3.76. The summed E-state index contributed by atoms with van der Waals surface area (Å²) in [5, 5.41) is 2.72. The largest absolute Gasteiger partial charge is 0.348 e. The maximum absolute atomic E-state index is 12.9. The van der Waals surface area contributed by atoms with Crippen LogP contribution in [0.15, 0.2) is 71.6 Å².